The van der Waals surface area contributed by atoms with Gasteiger partial charge >= 0.3 is 5.97 Å². The number of carbonyl (C=O) groups excluding carboxylic acids is 1. The molecule has 0 bridgehead atoms. The third kappa shape index (κ3) is 4.85. The molecule has 0 saturated carbocycles. The monoisotopic (exact) mass is 376 g/mol. The number of anilines is 3. The van der Waals surface area contributed by atoms with Gasteiger partial charge in [0.1, 0.15) is 5.82 Å². The molecule has 1 unspecified atom stereocenters. The van der Waals surface area contributed by atoms with Crippen LogP contribution in [0.3, 0.4) is 0 Å². The summed E-state index contributed by atoms with van der Waals surface area (Å²) in [5.41, 5.74) is 2.99. The molecule has 0 amide bonds. The van der Waals surface area contributed by atoms with E-state index in [0.717, 1.165) is 23.5 Å². The van der Waals surface area contributed by atoms with Crippen LogP contribution in [0.1, 0.15) is 30.6 Å². The van der Waals surface area contributed by atoms with Crippen molar-refractivity contribution in [2.75, 3.05) is 17.7 Å². The highest BCUT2D eigenvalue weighted by atomic mass is 16.5. The van der Waals surface area contributed by atoms with Crippen molar-refractivity contribution in [2.24, 2.45) is 0 Å². The molecule has 6 nitrogen and oxygen atoms in total. The Balaban J connectivity index is 1.95. The minimum atomic E-state index is -0.387. The Bertz CT molecular complexity index is 944. The summed E-state index contributed by atoms with van der Waals surface area (Å²) in [5, 5.41) is 6.60. The van der Waals surface area contributed by atoms with E-state index in [1.807, 2.05) is 42.5 Å². The van der Waals surface area contributed by atoms with Crippen LogP contribution in [0.15, 0.2) is 60.7 Å². The second-order valence-electron chi connectivity index (χ2n) is 6.48. The summed E-state index contributed by atoms with van der Waals surface area (Å²) in [7, 11) is 1.36. The number of methoxy groups -OCH3 is 1. The van der Waals surface area contributed by atoms with Gasteiger partial charge in [-0.05, 0) is 31.5 Å². The molecule has 0 radical (unpaired) electrons. The number of nitrogens with zero attached hydrogens (tertiary/aromatic N) is 2. The van der Waals surface area contributed by atoms with Gasteiger partial charge in [0.15, 0.2) is 0 Å². The van der Waals surface area contributed by atoms with Gasteiger partial charge < -0.3 is 15.4 Å². The Morgan fingerprint density at radius 2 is 1.86 bits per heavy atom. The van der Waals surface area contributed by atoms with Crippen LogP contribution >= 0.6 is 0 Å². The van der Waals surface area contributed by atoms with Crippen LogP contribution < -0.4 is 10.6 Å². The van der Waals surface area contributed by atoms with E-state index in [1.54, 1.807) is 18.2 Å². The van der Waals surface area contributed by atoms with Gasteiger partial charge in [0.2, 0.25) is 5.95 Å². The number of rotatable bonds is 7. The molecule has 3 rings (SSSR count). The van der Waals surface area contributed by atoms with Gasteiger partial charge in [-0.15, -0.1) is 0 Å². The smallest absolute Gasteiger partial charge is 0.337 e. The van der Waals surface area contributed by atoms with Crippen LogP contribution in [0.4, 0.5) is 17.5 Å². The summed E-state index contributed by atoms with van der Waals surface area (Å²) in [6.45, 7) is 4.23. The average molecular weight is 376 g/mol. The van der Waals surface area contributed by atoms with Crippen LogP contribution in [-0.4, -0.2) is 29.1 Å². The standard InChI is InChI=1S/C22H24N4O2/c1-4-15(2)23-20-14-19(16-9-6-5-7-10-16)25-22(26-20)24-18-12-8-11-17(13-18)21(27)28-3/h5-15H,4H2,1-3H3,(H2,23,24,25,26). The number of hydrogen-bond donors (Lipinski definition) is 2. The highest BCUT2D eigenvalue weighted by Crippen LogP contribution is 2.24. The van der Waals surface area contributed by atoms with E-state index >= 15 is 0 Å². The van der Waals surface area contributed by atoms with Crippen molar-refractivity contribution in [3.63, 3.8) is 0 Å². The maximum Gasteiger partial charge on any atom is 0.337 e. The molecule has 0 fully saturated rings. The quantitative estimate of drug-likeness (QED) is 0.572. The fourth-order valence-corrected chi connectivity index (χ4v) is 2.66. The summed E-state index contributed by atoms with van der Waals surface area (Å²) in [6.07, 6.45) is 0.981. The lowest BCUT2D eigenvalue weighted by Gasteiger charge is -2.15. The van der Waals surface area contributed by atoms with Gasteiger partial charge in [-0.1, -0.05) is 43.3 Å². The summed E-state index contributed by atoms with van der Waals surface area (Å²) < 4.78 is 4.79. The molecule has 1 atom stereocenters. The average Bonchev–Trinajstić information content (AvgIpc) is 2.73. The van der Waals surface area contributed by atoms with Crippen molar-refractivity contribution < 1.29 is 9.53 Å². The molecule has 2 N–H and O–H groups in total. The fraction of sp³-hybridized carbons (Fsp3) is 0.227. The van der Waals surface area contributed by atoms with Crippen molar-refractivity contribution in [1.82, 2.24) is 9.97 Å². The molecule has 0 aliphatic rings. The maximum absolute atomic E-state index is 11.8. The molecule has 3 aromatic rings. The topological polar surface area (TPSA) is 76.1 Å². The Hall–Kier alpha value is -3.41. The molecular formula is C22H24N4O2. The molecule has 144 valence electrons. The molecule has 0 aliphatic carbocycles. The Kier molecular flexibility index (Phi) is 6.22. The molecule has 0 spiro atoms. The van der Waals surface area contributed by atoms with E-state index in [9.17, 15) is 4.79 Å². The zero-order valence-electron chi connectivity index (χ0n) is 16.3. The number of carbonyl (C=O) groups is 1. The zero-order valence-corrected chi connectivity index (χ0v) is 16.3. The first-order valence-electron chi connectivity index (χ1n) is 9.25. The normalized spacial score (nSPS) is 11.5. The second kappa shape index (κ2) is 8.99. The van der Waals surface area contributed by atoms with Gasteiger partial charge in [-0.2, -0.15) is 4.98 Å². The number of ether oxygens (including phenoxy) is 1. The number of aromatic nitrogens is 2. The van der Waals surface area contributed by atoms with E-state index < -0.39 is 0 Å². The van der Waals surface area contributed by atoms with Crippen LogP contribution in [0.25, 0.3) is 11.3 Å². The van der Waals surface area contributed by atoms with Crippen LogP contribution in [0.5, 0.6) is 0 Å². The molecular weight excluding hydrogens is 352 g/mol. The molecule has 2 aromatic carbocycles. The predicted octanol–water partition coefficient (Wildman–Crippen LogP) is 4.88. The highest BCUT2D eigenvalue weighted by Gasteiger charge is 2.10. The number of benzene rings is 2. The van der Waals surface area contributed by atoms with Crippen molar-refractivity contribution in [3.8, 4) is 11.3 Å². The van der Waals surface area contributed by atoms with Gasteiger partial charge in [0.25, 0.3) is 0 Å². The van der Waals surface area contributed by atoms with Crippen molar-refractivity contribution in [1.29, 1.82) is 0 Å². The van der Waals surface area contributed by atoms with Crippen LogP contribution in [0, 0.1) is 0 Å². The first-order valence-corrected chi connectivity index (χ1v) is 9.25. The van der Waals surface area contributed by atoms with Crippen LogP contribution in [-0.2, 0) is 4.74 Å². The summed E-state index contributed by atoms with van der Waals surface area (Å²) in [4.78, 5) is 21.0. The first-order chi connectivity index (χ1) is 13.6. The van der Waals surface area contributed by atoms with E-state index in [1.165, 1.54) is 7.11 Å². The lowest BCUT2D eigenvalue weighted by molar-refractivity contribution is 0.0601. The highest BCUT2D eigenvalue weighted by molar-refractivity contribution is 5.90. The number of esters is 1. The maximum atomic E-state index is 11.8. The van der Waals surface area contributed by atoms with E-state index in [2.05, 4.69) is 34.4 Å². The Labute approximate surface area is 165 Å². The molecule has 1 aromatic heterocycles. The first kappa shape index (κ1) is 19.4. The molecule has 1 heterocycles. The predicted molar refractivity (Wildman–Crippen MR) is 112 cm³/mol. The largest absolute Gasteiger partial charge is 0.465 e. The lowest BCUT2D eigenvalue weighted by atomic mass is 10.1. The number of nitrogens with one attached hydrogen (secondary N) is 2. The lowest BCUT2D eigenvalue weighted by Crippen LogP contribution is -2.15. The van der Waals surface area contributed by atoms with E-state index in [-0.39, 0.29) is 12.0 Å². The SMILES string of the molecule is CCC(C)Nc1cc(-c2ccccc2)nc(Nc2cccc(C(=O)OC)c2)n1. The van der Waals surface area contributed by atoms with E-state index in [4.69, 9.17) is 4.74 Å². The minimum Gasteiger partial charge on any atom is -0.465 e. The Morgan fingerprint density at radius 3 is 2.57 bits per heavy atom. The molecule has 28 heavy (non-hydrogen) atoms. The van der Waals surface area contributed by atoms with Gasteiger partial charge in [0, 0.05) is 23.4 Å². The van der Waals surface area contributed by atoms with Crippen LogP contribution in [0.2, 0.25) is 0 Å². The van der Waals surface area contributed by atoms with Gasteiger partial charge in [-0.3, -0.25) is 0 Å². The molecule has 0 saturated heterocycles. The third-order valence-corrected chi connectivity index (χ3v) is 4.34. The van der Waals surface area contributed by atoms with E-state index in [0.29, 0.717) is 17.2 Å². The van der Waals surface area contributed by atoms with Gasteiger partial charge in [0.05, 0.1) is 18.4 Å². The van der Waals surface area contributed by atoms with Crippen molar-refractivity contribution in [2.45, 2.75) is 26.3 Å². The van der Waals surface area contributed by atoms with Gasteiger partial charge in [-0.25, -0.2) is 9.78 Å². The minimum absolute atomic E-state index is 0.286. The zero-order chi connectivity index (χ0) is 19.9. The van der Waals surface area contributed by atoms with Crippen molar-refractivity contribution in [3.05, 3.63) is 66.2 Å². The molecule has 6 heteroatoms. The molecule has 0 aliphatic heterocycles. The van der Waals surface area contributed by atoms with Crippen molar-refractivity contribution >= 4 is 23.4 Å². The second-order valence-corrected chi connectivity index (χ2v) is 6.48. The Morgan fingerprint density at radius 1 is 1.07 bits per heavy atom. The summed E-state index contributed by atoms with van der Waals surface area (Å²) >= 11 is 0. The third-order valence-electron chi connectivity index (χ3n) is 4.34. The fourth-order valence-electron chi connectivity index (χ4n) is 2.66. The number of hydrogen-bond acceptors (Lipinski definition) is 6. The summed E-state index contributed by atoms with van der Waals surface area (Å²) in [6, 6.07) is 19.2. The summed E-state index contributed by atoms with van der Waals surface area (Å²) in [5.74, 6) is 0.811.